The van der Waals surface area contributed by atoms with Gasteiger partial charge in [-0.05, 0) is 49.7 Å². The summed E-state index contributed by atoms with van der Waals surface area (Å²) in [4.78, 5) is 6.44. The summed E-state index contributed by atoms with van der Waals surface area (Å²) >= 11 is 0. The van der Waals surface area contributed by atoms with Crippen LogP contribution in [0.2, 0.25) is 0 Å². The van der Waals surface area contributed by atoms with Gasteiger partial charge in [-0.15, -0.1) is 10.2 Å². The van der Waals surface area contributed by atoms with E-state index in [1.54, 1.807) is 13.3 Å². The van der Waals surface area contributed by atoms with Crippen LogP contribution in [0.15, 0.2) is 42.7 Å². The van der Waals surface area contributed by atoms with E-state index in [4.69, 9.17) is 4.74 Å². The third-order valence-electron chi connectivity index (χ3n) is 5.19. The molecule has 0 spiro atoms. The Morgan fingerprint density at radius 3 is 2.82 bits per heavy atom. The lowest BCUT2D eigenvalue weighted by Crippen LogP contribution is -2.43. The van der Waals surface area contributed by atoms with Crippen LogP contribution < -0.4 is 10.1 Å². The van der Waals surface area contributed by atoms with Gasteiger partial charge in [-0.2, -0.15) is 0 Å². The Kier molecular flexibility index (Phi) is 5.62. The fourth-order valence-electron chi connectivity index (χ4n) is 3.76. The smallest absolute Gasteiger partial charge is 0.158 e. The van der Waals surface area contributed by atoms with Gasteiger partial charge < -0.3 is 10.1 Å². The average molecular weight is 381 g/mol. The third kappa shape index (κ3) is 3.89. The first-order valence-corrected chi connectivity index (χ1v) is 9.58. The fourth-order valence-corrected chi connectivity index (χ4v) is 3.76. The topological polar surface area (TPSA) is 63.2 Å². The minimum Gasteiger partial charge on any atom is -0.497 e. The number of rotatable bonds is 6. The van der Waals surface area contributed by atoms with E-state index < -0.39 is 0 Å². The molecule has 1 atom stereocenters. The molecular formula is C21H24FN5O. The Hall–Kier alpha value is -2.80. The van der Waals surface area contributed by atoms with Gasteiger partial charge >= 0.3 is 0 Å². The van der Waals surface area contributed by atoms with E-state index >= 15 is 0 Å². The number of piperidine rings is 1. The maximum absolute atomic E-state index is 12.7. The first-order valence-electron chi connectivity index (χ1n) is 9.58. The Bertz CT molecular complexity index is 932. The van der Waals surface area contributed by atoms with Gasteiger partial charge in [0.25, 0.3) is 0 Å². The van der Waals surface area contributed by atoms with Crippen molar-refractivity contribution in [3.05, 3.63) is 42.7 Å². The molecule has 1 fully saturated rings. The molecule has 0 saturated carbocycles. The number of halogens is 1. The molecule has 1 aliphatic rings. The van der Waals surface area contributed by atoms with E-state index in [9.17, 15) is 4.39 Å². The van der Waals surface area contributed by atoms with Gasteiger partial charge in [-0.25, -0.2) is 4.39 Å². The Labute approximate surface area is 163 Å². The van der Waals surface area contributed by atoms with Gasteiger partial charge in [-0.3, -0.25) is 9.88 Å². The molecule has 1 aliphatic heterocycles. The number of nitrogens with one attached hydrogen (secondary N) is 1. The van der Waals surface area contributed by atoms with Crippen molar-refractivity contribution in [1.29, 1.82) is 0 Å². The van der Waals surface area contributed by atoms with Crippen LogP contribution in [0.3, 0.4) is 0 Å². The number of hydrogen-bond acceptors (Lipinski definition) is 6. The van der Waals surface area contributed by atoms with Gasteiger partial charge in [0.05, 0.1) is 7.11 Å². The SMILES string of the molecule is COc1ccc(-c2nnc(N[C@@H]3CCCN(CCF)C3)c3cnccc23)cc1. The van der Waals surface area contributed by atoms with Gasteiger partial charge in [-0.1, -0.05) is 0 Å². The summed E-state index contributed by atoms with van der Waals surface area (Å²) in [5.74, 6) is 1.53. The number of fused-ring (bicyclic) bond motifs is 1. The van der Waals surface area contributed by atoms with Gasteiger partial charge in [0, 0.05) is 47.9 Å². The van der Waals surface area contributed by atoms with Gasteiger partial charge in [0.2, 0.25) is 0 Å². The molecule has 1 saturated heterocycles. The lowest BCUT2D eigenvalue weighted by Gasteiger charge is -2.32. The van der Waals surface area contributed by atoms with Gasteiger partial charge in [0.15, 0.2) is 5.82 Å². The van der Waals surface area contributed by atoms with Crippen molar-refractivity contribution in [3.8, 4) is 17.0 Å². The molecule has 4 rings (SSSR count). The molecule has 0 amide bonds. The second-order valence-electron chi connectivity index (χ2n) is 7.02. The first kappa shape index (κ1) is 18.6. The zero-order valence-electron chi connectivity index (χ0n) is 15.9. The van der Waals surface area contributed by atoms with E-state index in [-0.39, 0.29) is 12.7 Å². The number of methoxy groups -OCH3 is 1. The molecular weight excluding hydrogens is 357 g/mol. The lowest BCUT2D eigenvalue weighted by atomic mass is 10.0. The second kappa shape index (κ2) is 8.48. The molecule has 28 heavy (non-hydrogen) atoms. The number of anilines is 1. The van der Waals surface area contributed by atoms with E-state index in [2.05, 4.69) is 25.4 Å². The van der Waals surface area contributed by atoms with Crippen molar-refractivity contribution in [2.45, 2.75) is 18.9 Å². The molecule has 3 heterocycles. The van der Waals surface area contributed by atoms with Crippen molar-refractivity contribution in [3.63, 3.8) is 0 Å². The summed E-state index contributed by atoms with van der Waals surface area (Å²) in [5, 5.41) is 14.4. The number of aromatic nitrogens is 3. The van der Waals surface area contributed by atoms with Crippen LogP contribution in [-0.2, 0) is 0 Å². The fraction of sp³-hybridized carbons (Fsp3) is 0.381. The van der Waals surface area contributed by atoms with Crippen LogP contribution in [0, 0.1) is 0 Å². The van der Waals surface area contributed by atoms with Crippen molar-refractivity contribution < 1.29 is 9.13 Å². The second-order valence-corrected chi connectivity index (χ2v) is 7.02. The molecule has 3 aromatic rings. The van der Waals surface area contributed by atoms with E-state index in [1.807, 2.05) is 36.5 Å². The molecule has 7 heteroatoms. The molecule has 0 unspecified atom stereocenters. The van der Waals surface area contributed by atoms with E-state index in [0.29, 0.717) is 6.54 Å². The minimum atomic E-state index is -0.310. The highest BCUT2D eigenvalue weighted by Crippen LogP contribution is 2.30. The predicted octanol–water partition coefficient (Wildman–Crippen LogP) is 3.55. The number of nitrogens with zero attached hydrogens (tertiary/aromatic N) is 4. The van der Waals surface area contributed by atoms with Crippen LogP contribution in [0.25, 0.3) is 22.0 Å². The highest BCUT2D eigenvalue weighted by atomic mass is 19.1. The standard InChI is InChI=1S/C21H24FN5O/c1-28-17-6-4-15(5-7-17)20-18-8-10-23-13-19(18)21(26-25-20)24-16-3-2-11-27(14-16)12-9-22/h4-8,10,13,16H,2-3,9,11-12,14H2,1H3,(H,24,26)/t16-/m1/s1. The predicted molar refractivity (Wildman–Crippen MR) is 108 cm³/mol. The molecule has 146 valence electrons. The van der Waals surface area contributed by atoms with Crippen molar-refractivity contribution in [1.82, 2.24) is 20.1 Å². The Balaban J connectivity index is 1.64. The first-order chi connectivity index (χ1) is 13.8. The zero-order chi connectivity index (χ0) is 19.3. The quantitative estimate of drug-likeness (QED) is 0.705. The van der Waals surface area contributed by atoms with Gasteiger partial charge in [0.1, 0.15) is 18.1 Å². The summed E-state index contributed by atoms with van der Waals surface area (Å²) in [5.41, 5.74) is 1.79. The van der Waals surface area contributed by atoms with E-state index in [0.717, 1.165) is 59.5 Å². The molecule has 1 aromatic carbocycles. The van der Waals surface area contributed by atoms with Crippen molar-refractivity contribution >= 4 is 16.6 Å². The molecule has 1 N–H and O–H groups in total. The Morgan fingerprint density at radius 2 is 2.04 bits per heavy atom. The summed E-state index contributed by atoms with van der Waals surface area (Å²) in [6.45, 7) is 1.94. The largest absolute Gasteiger partial charge is 0.497 e. The maximum atomic E-state index is 12.7. The van der Waals surface area contributed by atoms with E-state index in [1.165, 1.54) is 0 Å². The summed E-state index contributed by atoms with van der Waals surface area (Å²) < 4.78 is 17.9. The number of hydrogen-bond donors (Lipinski definition) is 1. The number of ether oxygens (including phenoxy) is 1. The normalized spacial score (nSPS) is 17.6. The third-order valence-corrected chi connectivity index (χ3v) is 5.19. The van der Waals surface area contributed by atoms with Crippen LogP contribution in [0.1, 0.15) is 12.8 Å². The monoisotopic (exact) mass is 381 g/mol. The number of alkyl halides is 1. The number of benzene rings is 1. The van der Waals surface area contributed by atoms with Crippen molar-refractivity contribution in [2.24, 2.45) is 0 Å². The molecule has 0 radical (unpaired) electrons. The lowest BCUT2D eigenvalue weighted by molar-refractivity contribution is 0.200. The molecule has 6 nitrogen and oxygen atoms in total. The average Bonchev–Trinajstić information content (AvgIpc) is 2.75. The maximum Gasteiger partial charge on any atom is 0.158 e. The van der Waals surface area contributed by atoms with Crippen LogP contribution in [-0.4, -0.2) is 59.5 Å². The molecule has 2 aromatic heterocycles. The molecule has 0 bridgehead atoms. The number of likely N-dealkylation sites (tertiary alicyclic amines) is 1. The Morgan fingerprint density at radius 1 is 1.18 bits per heavy atom. The summed E-state index contributed by atoms with van der Waals surface area (Å²) in [6.07, 6.45) is 5.67. The summed E-state index contributed by atoms with van der Waals surface area (Å²) in [6, 6.07) is 9.97. The highest BCUT2D eigenvalue weighted by molar-refractivity contribution is 5.99. The highest BCUT2D eigenvalue weighted by Gasteiger charge is 2.21. The molecule has 0 aliphatic carbocycles. The summed E-state index contributed by atoms with van der Waals surface area (Å²) in [7, 11) is 1.65. The van der Waals surface area contributed by atoms with Crippen LogP contribution >= 0.6 is 0 Å². The van der Waals surface area contributed by atoms with Crippen molar-refractivity contribution in [2.75, 3.05) is 38.7 Å². The minimum absolute atomic E-state index is 0.227. The van der Waals surface area contributed by atoms with Crippen LogP contribution in [0.4, 0.5) is 10.2 Å². The zero-order valence-corrected chi connectivity index (χ0v) is 15.9. The van der Waals surface area contributed by atoms with Crippen LogP contribution in [0.5, 0.6) is 5.75 Å². The number of pyridine rings is 1.